The van der Waals surface area contributed by atoms with E-state index in [1.54, 1.807) is 13.0 Å². The molecule has 1 aromatic rings. The van der Waals surface area contributed by atoms with Crippen molar-refractivity contribution < 1.29 is 4.39 Å². The van der Waals surface area contributed by atoms with E-state index in [-0.39, 0.29) is 11.9 Å². The molecule has 0 spiro atoms. The van der Waals surface area contributed by atoms with Gasteiger partial charge in [0.1, 0.15) is 5.82 Å². The van der Waals surface area contributed by atoms with E-state index in [4.69, 9.17) is 5.84 Å². The predicted molar refractivity (Wildman–Crippen MR) is 83.8 cm³/mol. The van der Waals surface area contributed by atoms with Crippen molar-refractivity contribution in [2.75, 3.05) is 0 Å². The average Bonchev–Trinajstić information content (AvgIpc) is 2.45. The molecule has 1 rings (SSSR count). The number of nitrogens with two attached hydrogens (primary N) is 1. The molecule has 114 valence electrons. The Bertz CT molecular complexity index is 379. The van der Waals surface area contributed by atoms with Gasteiger partial charge in [0, 0.05) is 6.04 Å². The molecular weight excluding hydrogens is 251 g/mol. The van der Waals surface area contributed by atoms with Crippen LogP contribution in [-0.4, -0.2) is 0 Å². The highest BCUT2D eigenvalue weighted by Gasteiger charge is 2.10. The second-order valence-corrected chi connectivity index (χ2v) is 5.64. The molecule has 0 saturated heterocycles. The van der Waals surface area contributed by atoms with Crippen molar-refractivity contribution in [1.29, 1.82) is 0 Å². The van der Waals surface area contributed by atoms with Crippen molar-refractivity contribution in [3.05, 3.63) is 35.1 Å². The smallest absolute Gasteiger partial charge is 0.126 e. The van der Waals surface area contributed by atoms with Gasteiger partial charge in [-0.05, 0) is 30.5 Å². The number of benzene rings is 1. The van der Waals surface area contributed by atoms with E-state index in [1.807, 2.05) is 12.1 Å². The minimum absolute atomic E-state index is 0.0562. The third-order valence-corrected chi connectivity index (χ3v) is 3.90. The van der Waals surface area contributed by atoms with Crippen LogP contribution in [0.2, 0.25) is 0 Å². The number of nitrogens with one attached hydrogen (secondary N) is 1. The van der Waals surface area contributed by atoms with Crippen LogP contribution in [0.1, 0.15) is 75.5 Å². The lowest BCUT2D eigenvalue weighted by Crippen LogP contribution is -2.28. The highest BCUT2D eigenvalue weighted by Crippen LogP contribution is 2.21. The molecule has 0 saturated carbocycles. The molecule has 0 amide bonds. The fraction of sp³-hybridized carbons (Fsp3) is 0.647. The largest absolute Gasteiger partial charge is 0.271 e. The second kappa shape index (κ2) is 9.89. The lowest BCUT2D eigenvalue weighted by Gasteiger charge is -2.16. The normalized spacial score (nSPS) is 12.6. The lowest BCUT2D eigenvalue weighted by atomic mass is 9.99. The zero-order valence-corrected chi connectivity index (χ0v) is 12.9. The third kappa shape index (κ3) is 6.02. The molecule has 0 heterocycles. The van der Waals surface area contributed by atoms with E-state index < -0.39 is 0 Å². The summed E-state index contributed by atoms with van der Waals surface area (Å²) in [6.45, 7) is 4.01. The van der Waals surface area contributed by atoms with Crippen molar-refractivity contribution >= 4 is 0 Å². The summed E-state index contributed by atoms with van der Waals surface area (Å²) in [6, 6.07) is 5.44. The van der Waals surface area contributed by atoms with Crippen LogP contribution in [0.4, 0.5) is 4.39 Å². The molecule has 1 atom stereocenters. The highest BCUT2D eigenvalue weighted by molar-refractivity contribution is 5.25. The van der Waals surface area contributed by atoms with Gasteiger partial charge in [-0.3, -0.25) is 11.3 Å². The molecule has 0 fully saturated rings. The summed E-state index contributed by atoms with van der Waals surface area (Å²) in [5.74, 6) is 5.45. The molecule has 0 aliphatic rings. The third-order valence-electron chi connectivity index (χ3n) is 3.90. The molecule has 0 bridgehead atoms. The van der Waals surface area contributed by atoms with Gasteiger partial charge in [0.15, 0.2) is 0 Å². The second-order valence-electron chi connectivity index (χ2n) is 5.64. The minimum atomic E-state index is -0.151. The van der Waals surface area contributed by atoms with Gasteiger partial charge in [-0.1, -0.05) is 64.0 Å². The van der Waals surface area contributed by atoms with E-state index in [0.717, 1.165) is 18.4 Å². The van der Waals surface area contributed by atoms with E-state index in [9.17, 15) is 4.39 Å². The summed E-state index contributed by atoms with van der Waals surface area (Å²) in [5, 5.41) is 0. The lowest BCUT2D eigenvalue weighted by molar-refractivity contribution is 0.473. The SMILES string of the molecule is CCCCCCCCCC(NN)c1ccc(C)c(F)c1. The van der Waals surface area contributed by atoms with Gasteiger partial charge in [-0.2, -0.15) is 0 Å². The highest BCUT2D eigenvalue weighted by atomic mass is 19.1. The van der Waals surface area contributed by atoms with Crippen LogP contribution in [0, 0.1) is 12.7 Å². The minimum Gasteiger partial charge on any atom is -0.271 e. The van der Waals surface area contributed by atoms with Gasteiger partial charge in [0.25, 0.3) is 0 Å². The molecule has 2 nitrogen and oxygen atoms in total. The van der Waals surface area contributed by atoms with Gasteiger partial charge in [-0.25, -0.2) is 4.39 Å². The number of hydrogen-bond donors (Lipinski definition) is 2. The van der Waals surface area contributed by atoms with Crippen molar-refractivity contribution in [2.24, 2.45) is 5.84 Å². The molecule has 0 aliphatic heterocycles. The monoisotopic (exact) mass is 280 g/mol. The summed E-state index contributed by atoms with van der Waals surface area (Å²) < 4.78 is 13.6. The Morgan fingerprint density at radius 1 is 1.10 bits per heavy atom. The average molecular weight is 280 g/mol. The Labute approximate surface area is 122 Å². The Hall–Kier alpha value is -0.930. The number of hydrogen-bond acceptors (Lipinski definition) is 2. The summed E-state index contributed by atoms with van der Waals surface area (Å²) >= 11 is 0. The van der Waals surface area contributed by atoms with Gasteiger partial charge in [0.05, 0.1) is 0 Å². The van der Waals surface area contributed by atoms with Crippen LogP contribution < -0.4 is 11.3 Å². The molecular formula is C17H29FN2. The zero-order chi connectivity index (χ0) is 14.8. The van der Waals surface area contributed by atoms with Crippen LogP contribution in [0.5, 0.6) is 0 Å². The first-order valence-electron chi connectivity index (χ1n) is 7.91. The van der Waals surface area contributed by atoms with E-state index in [0.29, 0.717) is 5.56 Å². The first-order chi connectivity index (χ1) is 9.69. The zero-order valence-electron chi connectivity index (χ0n) is 12.9. The van der Waals surface area contributed by atoms with Crippen LogP contribution >= 0.6 is 0 Å². The van der Waals surface area contributed by atoms with Crippen LogP contribution in [0.25, 0.3) is 0 Å². The first-order valence-corrected chi connectivity index (χ1v) is 7.91. The van der Waals surface area contributed by atoms with Gasteiger partial charge < -0.3 is 0 Å². The van der Waals surface area contributed by atoms with Gasteiger partial charge >= 0.3 is 0 Å². The summed E-state index contributed by atoms with van der Waals surface area (Å²) in [7, 11) is 0. The Kier molecular flexibility index (Phi) is 8.47. The number of halogens is 1. The molecule has 0 aliphatic carbocycles. The van der Waals surface area contributed by atoms with Crippen molar-refractivity contribution in [2.45, 2.75) is 71.3 Å². The van der Waals surface area contributed by atoms with Crippen LogP contribution in [0.15, 0.2) is 18.2 Å². The summed E-state index contributed by atoms with van der Waals surface area (Å²) in [4.78, 5) is 0. The standard InChI is InChI=1S/C17H29FN2/c1-3-4-5-6-7-8-9-10-17(20-19)15-12-11-14(2)16(18)13-15/h11-13,17,20H,3-10,19H2,1-2H3. The quantitative estimate of drug-likeness (QED) is 0.368. The van der Waals surface area contributed by atoms with E-state index >= 15 is 0 Å². The number of rotatable bonds is 10. The van der Waals surface area contributed by atoms with Crippen molar-refractivity contribution in [3.8, 4) is 0 Å². The van der Waals surface area contributed by atoms with Gasteiger partial charge in [0.2, 0.25) is 0 Å². The molecule has 3 N–H and O–H groups in total. The molecule has 1 unspecified atom stereocenters. The van der Waals surface area contributed by atoms with Gasteiger partial charge in [-0.15, -0.1) is 0 Å². The molecule has 1 aromatic carbocycles. The van der Waals surface area contributed by atoms with E-state index in [1.165, 1.54) is 38.5 Å². The topological polar surface area (TPSA) is 38.0 Å². The maximum Gasteiger partial charge on any atom is 0.126 e. The Balaban J connectivity index is 2.30. The number of unbranched alkanes of at least 4 members (excludes halogenated alkanes) is 6. The van der Waals surface area contributed by atoms with Crippen LogP contribution in [0.3, 0.4) is 0 Å². The molecule has 0 radical (unpaired) electrons. The van der Waals surface area contributed by atoms with Crippen molar-refractivity contribution in [1.82, 2.24) is 5.43 Å². The molecule has 20 heavy (non-hydrogen) atoms. The maximum absolute atomic E-state index is 13.6. The fourth-order valence-electron chi connectivity index (χ4n) is 2.48. The maximum atomic E-state index is 13.6. The molecule has 3 heteroatoms. The Morgan fingerprint density at radius 3 is 2.35 bits per heavy atom. The Morgan fingerprint density at radius 2 is 1.75 bits per heavy atom. The number of aryl methyl sites for hydroxylation is 1. The van der Waals surface area contributed by atoms with Crippen molar-refractivity contribution in [3.63, 3.8) is 0 Å². The molecule has 0 aromatic heterocycles. The number of hydrazine groups is 1. The van der Waals surface area contributed by atoms with E-state index in [2.05, 4.69) is 12.3 Å². The summed E-state index contributed by atoms with van der Waals surface area (Å²) in [5.41, 5.74) is 4.44. The fourth-order valence-corrected chi connectivity index (χ4v) is 2.48. The predicted octanol–water partition coefficient (Wildman–Crippen LogP) is 4.78. The first kappa shape index (κ1) is 17.1. The van der Waals surface area contributed by atoms with Crippen LogP contribution in [-0.2, 0) is 0 Å². The summed E-state index contributed by atoms with van der Waals surface area (Å²) in [6.07, 6.45) is 9.93.